The molecule has 0 fully saturated rings. The summed E-state index contributed by atoms with van der Waals surface area (Å²) < 4.78 is 0. The second-order valence-electron chi connectivity index (χ2n) is 4.62. The first-order valence-electron chi connectivity index (χ1n) is 6.79. The molecule has 0 saturated carbocycles. The van der Waals surface area contributed by atoms with Gasteiger partial charge in [0.05, 0.1) is 0 Å². The first kappa shape index (κ1) is 14.8. The summed E-state index contributed by atoms with van der Waals surface area (Å²) in [6, 6.07) is 1.51. The molecule has 2 rings (SSSR count). The molecule has 0 unspecified atom stereocenters. The largest absolute Gasteiger partial charge is 0.301 e. The maximum Gasteiger partial charge on any atom is 0.251 e. The van der Waals surface area contributed by atoms with E-state index < -0.39 is 0 Å². The molecule has 2 aromatic heterocycles. The summed E-state index contributed by atoms with van der Waals surface area (Å²) in [6.07, 6.45) is 5.80. The quantitative estimate of drug-likeness (QED) is 0.679. The Morgan fingerprint density at radius 3 is 2.40 bits per heavy atom. The standard InChI is InChI=1S/C15H19N3OS/c1-4-11-7-16-8-12(5-2)13(11)9-20-15-17-10(3)6-14(19)18-15/h6-8H,4-5,9H2,1-3H3,(H,17,18,19). The van der Waals surface area contributed by atoms with E-state index in [2.05, 4.69) is 28.8 Å². The molecule has 106 valence electrons. The van der Waals surface area contributed by atoms with Crippen LogP contribution in [0.3, 0.4) is 0 Å². The van der Waals surface area contributed by atoms with E-state index in [1.54, 1.807) is 11.8 Å². The van der Waals surface area contributed by atoms with Gasteiger partial charge in [0, 0.05) is 29.9 Å². The number of nitrogens with one attached hydrogen (secondary N) is 1. The summed E-state index contributed by atoms with van der Waals surface area (Å²) in [6.45, 7) is 6.11. The van der Waals surface area contributed by atoms with Gasteiger partial charge in [-0.3, -0.25) is 9.78 Å². The van der Waals surface area contributed by atoms with Gasteiger partial charge in [0.15, 0.2) is 5.16 Å². The maximum atomic E-state index is 11.4. The van der Waals surface area contributed by atoms with Crippen LogP contribution in [0.1, 0.15) is 36.2 Å². The number of nitrogens with zero attached hydrogens (tertiary/aromatic N) is 2. The van der Waals surface area contributed by atoms with E-state index >= 15 is 0 Å². The van der Waals surface area contributed by atoms with Gasteiger partial charge in [-0.1, -0.05) is 25.6 Å². The summed E-state index contributed by atoms with van der Waals surface area (Å²) in [5, 5.41) is 0.677. The van der Waals surface area contributed by atoms with Crippen LogP contribution in [0.15, 0.2) is 28.4 Å². The molecule has 0 atom stereocenters. The third-order valence-corrected chi connectivity index (χ3v) is 4.10. The van der Waals surface area contributed by atoms with Gasteiger partial charge in [0.2, 0.25) is 0 Å². The van der Waals surface area contributed by atoms with Crippen LogP contribution in [-0.2, 0) is 18.6 Å². The van der Waals surface area contributed by atoms with E-state index in [9.17, 15) is 4.79 Å². The first-order chi connectivity index (χ1) is 9.63. The van der Waals surface area contributed by atoms with Crippen LogP contribution in [0.25, 0.3) is 0 Å². The van der Waals surface area contributed by atoms with Gasteiger partial charge in [0.25, 0.3) is 5.56 Å². The molecule has 0 aliphatic carbocycles. The van der Waals surface area contributed by atoms with Crippen molar-refractivity contribution < 1.29 is 0 Å². The van der Waals surface area contributed by atoms with E-state index in [-0.39, 0.29) is 5.56 Å². The van der Waals surface area contributed by atoms with Gasteiger partial charge >= 0.3 is 0 Å². The Morgan fingerprint density at radius 2 is 1.85 bits per heavy atom. The Labute approximate surface area is 123 Å². The van der Waals surface area contributed by atoms with Crippen LogP contribution in [0, 0.1) is 6.92 Å². The molecule has 2 aromatic rings. The molecule has 0 aliphatic rings. The number of aromatic nitrogens is 3. The zero-order chi connectivity index (χ0) is 14.5. The van der Waals surface area contributed by atoms with Crippen molar-refractivity contribution in [2.24, 2.45) is 0 Å². The number of pyridine rings is 1. The van der Waals surface area contributed by atoms with Crippen molar-refractivity contribution in [1.82, 2.24) is 15.0 Å². The van der Waals surface area contributed by atoms with E-state index in [0.29, 0.717) is 5.16 Å². The average Bonchev–Trinajstić information content (AvgIpc) is 2.43. The molecule has 5 heteroatoms. The highest BCUT2D eigenvalue weighted by molar-refractivity contribution is 7.98. The topological polar surface area (TPSA) is 58.6 Å². The normalized spacial score (nSPS) is 10.8. The van der Waals surface area contributed by atoms with Crippen LogP contribution in [0.4, 0.5) is 0 Å². The van der Waals surface area contributed by atoms with Crippen LogP contribution < -0.4 is 5.56 Å². The number of aromatic amines is 1. The maximum absolute atomic E-state index is 11.4. The van der Waals surface area contributed by atoms with Crippen molar-refractivity contribution in [1.29, 1.82) is 0 Å². The zero-order valence-electron chi connectivity index (χ0n) is 12.1. The fourth-order valence-corrected chi connectivity index (χ4v) is 3.17. The molecule has 4 nitrogen and oxygen atoms in total. The van der Waals surface area contributed by atoms with Crippen molar-refractivity contribution in [3.8, 4) is 0 Å². The molecule has 0 spiro atoms. The third-order valence-electron chi connectivity index (χ3n) is 3.20. The van der Waals surface area contributed by atoms with Gasteiger partial charge in [0.1, 0.15) is 0 Å². The minimum absolute atomic E-state index is 0.0961. The molecule has 2 heterocycles. The predicted octanol–water partition coefficient (Wildman–Crippen LogP) is 2.89. The van der Waals surface area contributed by atoms with Crippen molar-refractivity contribution in [2.75, 3.05) is 0 Å². The van der Waals surface area contributed by atoms with E-state index in [1.165, 1.54) is 22.8 Å². The summed E-state index contributed by atoms with van der Waals surface area (Å²) >= 11 is 1.57. The number of hydrogen-bond donors (Lipinski definition) is 1. The Kier molecular flexibility index (Phi) is 4.95. The Bertz CT molecular complexity index is 630. The number of aryl methyl sites for hydroxylation is 3. The van der Waals surface area contributed by atoms with Gasteiger partial charge in [-0.25, -0.2) is 4.98 Å². The van der Waals surface area contributed by atoms with E-state index in [4.69, 9.17) is 0 Å². The van der Waals surface area contributed by atoms with E-state index in [1.807, 2.05) is 19.3 Å². The molecule has 0 bridgehead atoms. The summed E-state index contributed by atoms with van der Waals surface area (Å²) in [7, 11) is 0. The van der Waals surface area contributed by atoms with Gasteiger partial charge in [-0.15, -0.1) is 0 Å². The molecule has 20 heavy (non-hydrogen) atoms. The minimum atomic E-state index is -0.0961. The van der Waals surface area contributed by atoms with Crippen LogP contribution in [-0.4, -0.2) is 15.0 Å². The number of rotatable bonds is 5. The number of hydrogen-bond acceptors (Lipinski definition) is 4. The predicted molar refractivity (Wildman–Crippen MR) is 82.1 cm³/mol. The lowest BCUT2D eigenvalue weighted by molar-refractivity contribution is 0.903. The molecule has 0 saturated heterocycles. The number of thioether (sulfide) groups is 1. The summed E-state index contributed by atoms with van der Waals surface area (Å²) in [5.41, 5.74) is 4.51. The smallest absolute Gasteiger partial charge is 0.251 e. The second kappa shape index (κ2) is 6.70. The highest BCUT2D eigenvalue weighted by atomic mass is 32.2. The van der Waals surface area contributed by atoms with Gasteiger partial charge < -0.3 is 4.98 Å². The molecule has 0 amide bonds. The minimum Gasteiger partial charge on any atom is -0.301 e. The molecule has 0 aromatic carbocycles. The van der Waals surface area contributed by atoms with Crippen molar-refractivity contribution in [3.05, 3.63) is 51.2 Å². The lowest BCUT2D eigenvalue weighted by Crippen LogP contribution is -2.08. The van der Waals surface area contributed by atoms with Crippen LogP contribution >= 0.6 is 11.8 Å². The van der Waals surface area contributed by atoms with Gasteiger partial charge in [-0.05, 0) is 36.5 Å². The monoisotopic (exact) mass is 289 g/mol. The fraction of sp³-hybridized carbons (Fsp3) is 0.400. The molecule has 0 aliphatic heterocycles. The molecular weight excluding hydrogens is 270 g/mol. The zero-order valence-corrected chi connectivity index (χ0v) is 12.9. The summed E-state index contributed by atoms with van der Waals surface area (Å²) in [4.78, 5) is 22.9. The van der Waals surface area contributed by atoms with Gasteiger partial charge in [-0.2, -0.15) is 0 Å². The average molecular weight is 289 g/mol. The SMILES string of the molecule is CCc1cncc(CC)c1CSc1nc(C)cc(=O)[nH]1. The Balaban J connectivity index is 2.24. The third kappa shape index (κ3) is 3.48. The van der Waals surface area contributed by atoms with Crippen LogP contribution in [0.2, 0.25) is 0 Å². The number of H-pyrrole nitrogens is 1. The summed E-state index contributed by atoms with van der Waals surface area (Å²) in [5.74, 6) is 0.807. The highest BCUT2D eigenvalue weighted by Gasteiger charge is 2.08. The fourth-order valence-electron chi connectivity index (χ4n) is 2.13. The molecular formula is C15H19N3OS. The molecule has 1 N–H and O–H groups in total. The second-order valence-corrected chi connectivity index (χ2v) is 5.59. The van der Waals surface area contributed by atoms with Crippen LogP contribution in [0.5, 0.6) is 0 Å². The van der Waals surface area contributed by atoms with Crippen molar-refractivity contribution >= 4 is 11.8 Å². The molecule has 0 radical (unpaired) electrons. The first-order valence-corrected chi connectivity index (χ1v) is 7.78. The van der Waals surface area contributed by atoms with E-state index in [0.717, 1.165) is 24.3 Å². The lowest BCUT2D eigenvalue weighted by Gasteiger charge is -2.11. The Hall–Kier alpha value is -1.62. The lowest BCUT2D eigenvalue weighted by atomic mass is 10.0. The van der Waals surface area contributed by atoms with Crippen molar-refractivity contribution in [3.63, 3.8) is 0 Å². The highest BCUT2D eigenvalue weighted by Crippen LogP contribution is 2.24. The Morgan fingerprint density at radius 1 is 1.20 bits per heavy atom. The van der Waals surface area contributed by atoms with Crippen molar-refractivity contribution in [2.45, 2.75) is 44.5 Å².